The molecule has 4 rings (SSSR count). The lowest BCUT2D eigenvalue weighted by atomic mass is 9.78. The average molecular weight is 1000 g/mol. The minimum Gasteiger partial charge on any atom is -0.460 e. The maximum Gasteiger partial charge on any atom is 0.434 e. The van der Waals surface area contributed by atoms with Crippen molar-refractivity contribution in [2.24, 2.45) is 35.5 Å². The second kappa shape index (κ2) is 27.8. The van der Waals surface area contributed by atoms with Crippen LogP contribution < -0.4 is 0 Å². The number of aliphatic hydroxyl groups is 2. The van der Waals surface area contributed by atoms with Crippen LogP contribution in [0.3, 0.4) is 0 Å². The monoisotopic (exact) mass is 1000 g/mol. The van der Waals surface area contributed by atoms with E-state index in [0.717, 1.165) is 10.6 Å². The fraction of sp³-hybridized carbons (Fsp3) is 0.741. The molecule has 0 spiro atoms. The largest absolute Gasteiger partial charge is 0.460 e. The number of carbonyl (C=O) groups is 6. The van der Waals surface area contributed by atoms with Gasteiger partial charge in [-0.1, -0.05) is 71.1 Å². The molecule has 1 saturated carbocycles. The molecule has 2 saturated heterocycles. The molecule has 15 atom stereocenters. The van der Waals surface area contributed by atoms with Gasteiger partial charge < -0.3 is 43.5 Å². The Morgan fingerprint density at radius 2 is 1.59 bits per heavy atom. The summed E-state index contributed by atoms with van der Waals surface area (Å²) in [7, 11) is 7.30. The number of amides is 2. The highest BCUT2D eigenvalue weighted by Gasteiger charge is 2.53. The summed E-state index contributed by atoms with van der Waals surface area (Å²) in [6, 6.07) is -1.18. The van der Waals surface area contributed by atoms with Crippen LogP contribution in [0.1, 0.15) is 126 Å². The summed E-state index contributed by atoms with van der Waals surface area (Å²) in [6.07, 6.45) is 9.88. The van der Waals surface area contributed by atoms with Gasteiger partial charge in [0.15, 0.2) is 5.78 Å². The molecule has 2 amide bonds. The van der Waals surface area contributed by atoms with E-state index in [-0.39, 0.29) is 42.8 Å². The van der Waals surface area contributed by atoms with Crippen molar-refractivity contribution in [3.05, 3.63) is 47.6 Å². The van der Waals surface area contributed by atoms with E-state index >= 15 is 0 Å². The van der Waals surface area contributed by atoms with Gasteiger partial charge in [-0.3, -0.25) is 24.0 Å². The highest BCUT2D eigenvalue weighted by atomic mass is 16.7. The molecule has 17 nitrogen and oxygen atoms in total. The molecule has 3 aliphatic heterocycles. The van der Waals surface area contributed by atoms with E-state index in [9.17, 15) is 39.0 Å². The van der Waals surface area contributed by atoms with Crippen molar-refractivity contribution in [3.63, 3.8) is 0 Å². The number of esters is 1. The molecule has 2 N–H and O–H groups in total. The molecule has 0 aromatic carbocycles. The number of ketones is 3. The number of ether oxygens (including phenoxy) is 6. The first-order valence-corrected chi connectivity index (χ1v) is 25.6. The van der Waals surface area contributed by atoms with E-state index in [1.165, 1.54) is 26.2 Å². The summed E-state index contributed by atoms with van der Waals surface area (Å²) in [5, 5.41) is 24.5. The molecule has 1 aliphatic carbocycles. The Kier molecular flexibility index (Phi) is 23.3. The molecule has 3 heterocycles. The molecule has 0 radical (unpaired) electrons. The van der Waals surface area contributed by atoms with Crippen LogP contribution in [0.4, 0.5) is 4.79 Å². The predicted molar refractivity (Wildman–Crippen MR) is 264 cm³/mol. The minimum absolute atomic E-state index is 0.00393. The zero-order valence-electron chi connectivity index (χ0n) is 44.3. The van der Waals surface area contributed by atoms with E-state index < -0.39 is 102 Å². The SMILES string of the molecule is CO[C@H]1C[C@@H]2CC[C@@H](C)[C@@](O)(O2)C(=O)C(=O)N2CCCC[C@H]2C(=O)O[C@H]([C@H](C)C[C@@H]2CC[C@@H](OC(=O)N(C)OC)[C@H](OC)C2)CC(=O)[C@H](C)/C=C(\C)[C@@H](O)[C@@H](OC)C(=O)C(C)C[C@H](C)\C=C/C=C/C=C/1C. The van der Waals surface area contributed by atoms with Crippen LogP contribution in [0.25, 0.3) is 0 Å². The number of piperidine rings is 1. The van der Waals surface area contributed by atoms with Crippen molar-refractivity contribution in [1.82, 2.24) is 9.96 Å². The van der Waals surface area contributed by atoms with Crippen LogP contribution in [-0.2, 0) is 57.2 Å². The van der Waals surface area contributed by atoms with Crippen LogP contribution in [0.5, 0.6) is 0 Å². The van der Waals surface area contributed by atoms with E-state index in [0.29, 0.717) is 69.8 Å². The first-order chi connectivity index (χ1) is 33.6. The van der Waals surface area contributed by atoms with Gasteiger partial charge in [-0.25, -0.2) is 9.59 Å². The number of carbonyl (C=O) groups excluding carboxylic acids is 6. The molecule has 3 fully saturated rings. The van der Waals surface area contributed by atoms with Crippen molar-refractivity contribution < 1.29 is 72.2 Å². The van der Waals surface area contributed by atoms with Crippen LogP contribution in [0.2, 0.25) is 0 Å². The standard InChI is InChI=1S/C54H84N2O15/c1-32-18-14-13-15-19-33(2)44(65-9)30-40-23-21-38(7)54(64,71-40)50(60)51(61)56-25-17-16-20-41(56)52(62)69-45(31-42(57)34(3)27-37(6)48(59)49(67-11)47(58)36(5)26-32)35(4)28-39-22-24-43(46(29-39)66-10)70-53(63)55(8)68-12/h13-15,18-19,27,32,34-36,38-41,43-46,48-49,59,64H,16-17,20-26,28-31H2,1-12H3/b15-13+,18-14-,33-19+,37-27+/t32-,34-,35-,36?,38-,39+,40+,41+,43-,44+,45+,46-,48-,49+,54-/m1/s1. The van der Waals surface area contributed by atoms with Crippen molar-refractivity contribution >= 4 is 35.3 Å². The second-order valence-electron chi connectivity index (χ2n) is 20.6. The Morgan fingerprint density at radius 1 is 0.873 bits per heavy atom. The average Bonchev–Trinajstić information content (AvgIpc) is 3.35. The van der Waals surface area contributed by atoms with Gasteiger partial charge in [0, 0.05) is 65.5 Å². The third-order valence-electron chi connectivity index (χ3n) is 15.2. The number of fused-ring (bicyclic) bond motifs is 3. The van der Waals surface area contributed by atoms with Gasteiger partial charge in [0.2, 0.25) is 5.79 Å². The Labute approximate surface area is 421 Å². The number of nitrogens with zero attached hydrogens (tertiary/aromatic N) is 2. The zero-order chi connectivity index (χ0) is 52.7. The summed E-state index contributed by atoms with van der Waals surface area (Å²) < 4.78 is 35.4. The zero-order valence-corrected chi connectivity index (χ0v) is 44.3. The van der Waals surface area contributed by atoms with Gasteiger partial charge in [0.05, 0.1) is 25.4 Å². The smallest absolute Gasteiger partial charge is 0.434 e. The van der Waals surface area contributed by atoms with Gasteiger partial charge in [-0.05, 0) is 107 Å². The number of hydroxylamine groups is 2. The Morgan fingerprint density at radius 3 is 2.25 bits per heavy atom. The lowest BCUT2D eigenvalue weighted by Crippen LogP contribution is -2.61. The lowest BCUT2D eigenvalue weighted by molar-refractivity contribution is -0.265. The normalized spacial score (nSPS) is 37.9. The van der Waals surface area contributed by atoms with Crippen LogP contribution in [-0.4, -0.2) is 152 Å². The van der Waals surface area contributed by atoms with Gasteiger partial charge in [-0.2, -0.15) is 5.06 Å². The van der Waals surface area contributed by atoms with Gasteiger partial charge in [-0.15, -0.1) is 0 Å². The van der Waals surface area contributed by atoms with Crippen LogP contribution >= 0.6 is 0 Å². The van der Waals surface area contributed by atoms with Crippen LogP contribution in [0, 0.1) is 35.5 Å². The van der Waals surface area contributed by atoms with Crippen molar-refractivity contribution in [3.8, 4) is 0 Å². The summed E-state index contributed by atoms with van der Waals surface area (Å²) in [6.45, 7) is 12.6. The molecule has 4 aliphatic rings. The maximum atomic E-state index is 14.5. The van der Waals surface area contributed by atoms with Gasteiger partial charge in [0.25, 0.3) is 11.7 Å². The third kappa shape index (κ3) is 15.9. The molecule has 17 heteroatoms. The van der Waals surface area contributed by atoms with Gasteiger partial charge >= 0.3 is 12.1 Å². The molecular formula is C54H84N2O15. The van der Waals surface area contributed by atoms with Gasteiger partial charge in [0.1, 0.15) is 36.2 Å². The van der Waals surface area contributed by atoms with E-state index in [2.05, 4.69) is 0 Å². The van der Waals surface area contributed by atoms with Crippen molar-refractivity contribution in [2.45, 2.75) is 180 Å². The molecule has 400 valence electrons. The number of aliphatic hydroxyl groups excluding tert-OH is 1. The number of methoxy groups -OCH3 is 3. The quantitative estimate of drug-likeness (QED) is 0.111. The number of rotatable bonds is 8. The van der Waals surface area contributed by atoms with Crippen molar-refractivity contribution in [1.29, 1.82) is 0 Å². The Bertz CT molecular complexity index is 1950. The fourth-order valence-electron chi connectivity index (χ4n) is 10.5. The predicted octanol–water partition coefficient (Wildman–Crippen LogP) is 6.82. The second-order valence-corrected chi connectivity index (χ2v) is 20.6. The molecule has 1 unspecified atom stereocenters. The number of hydrogen-bond donors (Lipinski definition) is 2. The Balaban J connectivity index is 1.69. The molecule has 2 bridgehead atoms. The Hall–Kier alpha value is -4.10. The highest BCUT2D eigenvalue weighted by Crippen LogP contribution is 2.38. The summed E-state index contributed by atoms with van der Waals surface area (Å²) in [4.78, 5) is 89.8. The number of allylic oxidation sites excluding steroid dienone is 6. The first kappa shape index (κ1) is 59.5. The molecule has 0 aromatic heterocycles. The summed E-state index contributed by atoms with van der Waals surface area (Å²) in [5.74, 6) is -8.34. The summed E-state index contributed by atoms with van der Waals surface area (Å²) in [5.41, 5.74) is 1.24. The summed E-state index contributed by atoms with van der Waals surface area (Å²) >= 11 is 0. The number of cyclic esters (lactones) is 1. The minimum atomic E-state index is -2.45. The number of Topliss-reactive ketones (excluding diaryl/α,β-unsaturated/α-hetero) is 3. The topological polar surface area (TPSA) is 214 Å². The first-order valence-electron chi connectivity index (χ1n) is 25.6. The van der Waals surface area contributed by atoms with Crippen molar-refractivity contribution in [2.75, 3.05) is 42.0 Å². The maximum absolute atomic E-state index is 14.5. The highest BCUT2D eigenvalue weighted by molar-refractivity contribution is 6.39. The molecule has 71 heavy (non-hydrogen) atoms. The number of hydrogen-bond acceptors (Lipinski definition) is 15. The molecule has 0 aromatic rings. The van der Waals surface area contributed by atoms with E-state index in [1.807, 2.05) is 51.2 Å². The molecular weight excluding hydrogens is 917 g/mol. The lowest BCUT2D eigenvalue weighted by Gasteiger charge is -2.42. The van der Waals surface area contributed by atoms with E-state index in [1.54, 1.807) is 48.0 Å². The van der Waals surface area contributed by atoms with E-state index in [4.69, 9.17) is 33.3 Å². The fourth-order valence-corrected chi connectivity index (χ4v) is 10.5. The third-order valence-corrected chi connectivity index (χ3v) is 15.2. The van der Waals surface area contributed by atoms with Crippen LogP contribution in [0.15, 0.2) is 47.6 Å².